The van der Waals surface area contributed by atoms with Crippen molar-refractivity contribution in [1.82, 2.24) is 9.88 Å². The number of esters is 1. The molecular formula is C21H23ClN2O2. The van der Waals surface area contributed by atoms with Crippen molar-refractivity contribution in [2.75, 3.05) is 6.61 Å². The van der Waals surface area contributed by atoms with Crippen LogP contribution >= 0.6 is 11.6 Å². The van der Waals surface area contributed by atoms with E-state index < -0.39 is 0 Å². The van der Waals surface area contributed by atoms with E-state index in [0.29, 0.717) is 17.8 Å². The molecule has 4 nitrogen and oxygen atoms in total. The van der Waals surface area contributed by atoms with Gasteiger partial charge in [-0.2, -0.15) is 0 Å². The third kappa shape index (κ3) is 3.12. The summed E-state index contributed by atoms with van der Waals surface area (Å²) < 4.78 is 5.44. The third-order valence-corrected chi connectivity index (χ3v) is 5.95. The number of carbonyl (C=O) groups excluding carboxylic acids is 1. The number of rotatable bonds is 5. The van der Waals surface area contributed by atoms with E-state index in [9.17, 15) is 4.79 Å². The van der Waals surface area contributed by atoms with Gasteiger partial charge < -0.3 is 4.74 Å². The molecule has 2 aliphatic rings. The Morgan fingerprint density at radius 3 is 2.65 bits per heavy atom. The predicted molar refractivity (Wildman–Crippen MR) is 101 cm³/mol. The highest BCUT2D eigenvalue weighted by Crippen LogP contribution is 2.51. The van der Waals surface area contributed by atoms with Crippen LogP contribution in [-0.2, 0) is 16.1 Å². The molecule has 5 heteroatoms. The van der Waals surface area contributed by atoms with Crippen LogP contribution in [0.1, 0.15) is 36.8 Å². The Balaban J connectivity index is 1.66. The van der Waals surface area contributed by atoms with Crippen molar-refractivity contribution in [2.24, 2.45) is 5.92 Å². The number of ether oxygens (including phenoxy) is 1. The lowest BCUT2D eigenvalue weighted by Gasteiger charge is -2.27. The lowest BCUT2D eigenvalue weighted by molar-refractivity contribution is -0.149. The number of carbonyl (C=O) groups is 1. The van der Waals surface area contributed by atoms with Crippen molar-refractivity contribution < 1.29 is 9.53 Å². The van der Waals surface area contributed by atoms with Gasteiger partial charge in [-0.15, -0.1) is 0 Å². The average molecular weight is 371 g/mol. The normalized spacial score (nSPS) is 27.6. The van der Waals surface area contributed by atoms with Crippen molar-refractivity contribution in [2.45, 2.75) is 44.3 Å². The Kier molecular flexibility index (Phi) is 4.96. The van der Waals surface area contributed by atoms with E-state index in [1.54, 1.807) is 0 Å². The Morgan fingerprint density at radius 1 is 1.19 bits per heavy atom. The van der Waals surface area contributed by atoms with Gasteiger partial charge >= 0.3 is 5.97 Å². The van der Waals surface area contributed by atoms with Gasteiger partial charge in [0.25, 0.3) is 0 Å². The number of benzene rings is 1. The zero-order valence-electron chi connectivity index (χ0n) is 14.8. The van der Waals surface area contributed by atoms with Gasteiger partial charge in [-0.1, -0.05) is 48.0 Å². The highest BCUT2D eigenvalue weighted by atomic mass is 35.5. The minimum Gasteiger partial charge on any atom is -0.466 e. The minimum absolute atomic E-state index is 0.0855. The standard InChI is InChI=1S/C21H23ClN2O2/c1-2-26-21(25)20-17-10-9-16(19(20)15-8-11-18(22)23-12-15)24(17)13-14-6-4-3-5-7-14/h3-8,11-12,16-17,19-20H,2,9-10,13H2,1H3/t16-,17+,19+,20+/m0/s1. The van der Waals surface area contributed by atoms with Gasteiger partial charge in [0.15, 0.2) is 0 Å². The van der Waals surface area contributed by atoms with E-state index in [2.05, 4.69) is 34.1 Å². The van der Waals surface area contributed by atoms with E-state index in [-0.39, 0.29) is 23.8 Å². The van der Waals surface area contributed by atoms with Crippen LogP contribution in [0.25, 0.3) is 0 Å². The maximum Gasteiger partial charge on any atom is 0.311 e. The Labute approximate surface area is 159 Å². The first kappa shape index (κ1) is 17.5. The summed E-state index contributed by atoms with van der Waals surface area (Å²) in [4.78, 5) is 19.5. The summed E-state index contributed by atoms with van der Waals surface area (Å²) in [7, 11) is 0. The summed E-state index contributed by atoms with van der Waals surface area (Å²) in [5.74, 6) is -0.112. The molecule has 0 saturated carbocycles. The zero-order valence-corrected chi connectivity index (χ0v) is 15.6. The molecule has 4 atom stereocenters. The number of halogens is 1. The molecule has 3 heterocycles. The predicted octanol–water partition coefficient (Wildman–Crippen LogP) is 4.04. The third-order valence-electron chi connectivity index (χ3n) is 5.73. The van der Waals surface area contributed by atoms with E-state index >= 15 is 0 Å². The number of aromatic nitrogens is 1. The molecule has 0 amide bonds. The molecule has 2 aliphatic heterocycles. The Morgan fingerprint density at radius 2 is 1.96 bits per heavy atom. The van der Waals surface area contributed by atoms with Crippen LogP contribution in [0.3, 0.4) is 0 Å². The molecule has 4 rings (SSSR count). The summed E-state index contributed by atoms with van der Waals surface area (Å²) in [5, 5.41) is 0.478. The molecule has 1 aromatic carbocycles. The minimum atomic E-state index is -0.139. The molecule has 2 saturated heterocycles. The molecule has 0 unspecified atom stereocenters. The fourth-order valence-electron chi connectivity index (χ4n) is 4.75. The summed E-state index contributed by atoms with van der Waals surface area (Å²) in [6.07, 6.45) is 3.96. The molecular weight excluding hydrogens is 348 g/mol. The lowest BCUT2D eigenvalue weighted by atomic mass is 9.76. The van der Waals surface area contributed by atoms with Crippen LogP contribution < -0.4 is 0 Å². The monoisotopic (exact) mass is 370 g/mol. The summed E-state index contributed by atoms with van der Waals surface area (Å²) in [6, 6.07) is 14.8. The zero-order chi connectivity index (χ0) is 18.1. The van der Waals surface area contributed by atoms with Gasteiger partial charge in [-0.3, -0.25) is 9.69 Å². The lowest BCUT2D eigenvalue weighted by Crippen LogP contribution is -2.34. The SMILES string of the molecule is CCOC(=O)[C@H]1[C@H](c2ccc(Cl)nc2)[C@@H]2CC[C@H]1N2Cc1ccccc1. The largest absolute Gasteiger partial charge is 0.466 e. The summed E-state index contributed by atoms with van der Waals surface area (Å²) in [5.41, 5.74) is 2.36. The molecule has 2 aromatic rings. The fourth-order valence-corrected chi connectivity index (χ4v) is 4.87. The number of fused-ring (bicyclic) bond motifs is 2. The maximum atomic E-state index is 12.8. The van der Waals surface area contributed by atoms with E-state index in [1.807, 2.05) is 31.3 Å². The van der Waals surface area contributed by atoms with Gasteiger partial charge in [-0.25, -0.2) is 4.98 Å². The quantitative estimate of drug-likeness (QED) is 0.588. The molecule has 1 aromatic heterocycles. The maximum absolute atomic E-state index is 12.8. The molecule has 26 heavy (non-hydrogen) atoms. The second-order valence-corrected chi connectivity index (χ2v) is 7.48. The first-order valence-electron chi connectivity index (χ1n) is 9.26. The number of hydrogen-bond donors (Lipinski definition) is 0. The fraction of sp³-hybridized carbons (Fsp3) is 0.429. The van der Waals surface area contributed by atoms with Gasteiger partial charge in [0.2, 0.25) is 0 Å². The molecule has 0 aliphatic carbocycles. The van der Waals surface area contributed by atoms with Crippen molar-refractivity contribution in [3.8, 4) is 0 Å². The number of nitrogens with zero attached hydrogens (tertiary/aromatic N) is 2. The number of pyridine rings is 1. The van der Waals surface area contributed by atoms with Crippen molar-refractivity contribution in [3.05, 3.63) is 64.9 Å². The van der Waals surface area contributed by atoms with E-state index in [0.717, 1.165) is 24.9 Å². The highest BCUT2D eigenvalue weighted by Gasteiger charge is 2.56. The molecule has 136 valence electrons. The van der Waals surface area contributed by atoms with Gasteiger partial charge in [0.05, 0.1) is 12.5 Å². The average Bonchev–Trinajstić information content (AvgIpc) is 3.18. The van der Waals surface area contributed by atoms with Crippen LogP contribution in [0, 0.1) is 5.92 Å². The van der Waals surface area contributed by atoms with E-state index in [4.69, 9.17) is 16.3 Å². The first-order valence-corrected chi connectivity index (χ1v) is 9.64. The van der Waals surface area contributed by atoms with Crippen molar-refractivity contribution >= 4 is 17.6 Å². The Hall–Kier alpha value is -1.91. The summed E-state index contributed by atoms with van der Waals surface area (Å²) in [6.45, 7) is 3.15. The highest BCUT2D eigenvalue weighted by molar-refractivity contribution is 6.29. The topological polar surface area (TPSA) is 42.4 Å². The van der Waals surface area contributed by atoms with Crippen LogP contribution in [0.5, 0.6) is 0 Å². The van der Waals surface area contributed by atoms with Crippen LogP contribution in [-0.4, -0.2) is 34.5 Å². The molecule has 0 N–H and O–H groups in total. The molecule has 0 spiro atoms. The molecule has 0 radical (unpaired) electrons. The van der Waals surface area contributed by atoms with Gasteiger partial charge in [0.1, 0.15) is 5.15 Å². The second kappa shape index (κ2) is 7.37. The number of hydrogen-bond acceptors (Lipinski definition) is 4. The second-order valence-electron chi connectivity index (χ2n) is 7.09. The molecule has 2 fully saturated rings. The molecule has 2 bridgehead atoms. The van der Waals surface area contributed by atoms with Crippen molar-refractivity contribution in [1.29, 1.82) is 0 Å². The van der Waals surface area contributed by atoms with E-state index in [1.165, 1.54) is 5.56 Å². The van der Waals surface area contributed by atoms with Crippen LogP contribution in [0.4, 0.5) is 0 Å². The van der Waals surface area contributed by atoms with Crippen molar-refractivity contribution in [3.63, 3.8) is 0 Å². The van der Waals surface area contributed by atoms with Gasteiger partial charge in [0, 0.05) is 30.7 Å². The van der Waals surface area contributed by atoms with Crippen LogP contribution in [0.2, 0.25) is 5.15 Å². The first-order chi connectivity index (χ1) is 12.7. The Bertz CT molecular complexity index is 765. The van der Waals surface area contributed by atoms with Gasteiger partial charge in [-0.05, 0) is 37.0 Å². The summed E-state index contributed by atoms with van der Waals surface area (Å²) >= 11 is 5.97. The smallest absolute Gasteiger partial charge is 0.311 e. The van der Waals surface area contributed by atoms with Crippen LogP contribution in [0.15, 0.2) is 48.7 Å².